The van der Waals surface area contributed by atoms with E-state index in [2.05, 4.69) is 5.32 Å². The zero-order valence-electron chi connectivity index (χ0n) is 12.8. The van der Waals surface area contributed by atoms with E-state index in [0.717, 1.165) is 25.7 Å². The second-order valence-electron chi connectivity index (χ2n) is 7.21. The molecule has 0 atom stereocenters. The summed E-state index contributed by atoms with van der Waals surface area (Å²) in [6, 6.07) is 0.202. The van der Waals surface area contributed by atoms with Gasteiger partial charge in [0.2, 0.25) is 0 Å². The van der Waals surface area contributed by atoms with Crippen molar-refractivity contribution in [3.8, 4) is 0 Å². The lowest BCUT2D eigenvalue weighted by Gasteiger charge is -2.52. The van der Waals surface area contributed by atoms with Crippen molar-refractivity contribution >= 4 is 11.9 Å². The summed E-state index contributed by atoms with van der Waals surface area (Å²) in [5.41, 5.74) is -1.28. The minimum Gasteiger partial charge on any atom is -0.340 e. The third-order valence-corrected chi connectivity index (χ3v) is 5.28. The molecule has 0 bridgehead atoms. The van der Waals surface area contributed by atoms with Crippen LogP contribution in [-0.2, 0) is 4.79 Å². The van der Waals surface area contributed by atoms with Crippen LogP contribution >= 0.6 is 0 Å². The molecule has 0 unspecified atom stereocenters. The smallest absolute Gasteiger partial charge is 0.317 e. The average molecular weight is 297 g/mol. The molecule has 3 fully saturated rings. The van der Waals surface area contributed by atoms with Crippen LogP contribution in [-0.4, -0.2) is 60.6 Å². The van der Waals surface area contributed by atoms with Crippen LogP contribution in [0.4, 0.5) is 9.18 Å². The molecule has 0 aromatic rings. The number of hydrogen-bond donors (Lipinski definition) is 1. The van der Waals surface area contributed by atoms with Gasteiger partial charge in [0, 0.05) is 33.2 Å². The maximum atomic E-state index is 13.8. The van der Waals surface area contributed by atoms with Crippen molar-refractivity contribution in [1.82, 2.24) is 15.1 Å². The topological polar surface area (TPSA) is 52.7 Å². The van der Waals surface area contributed by atoms with Gasteiger partial charge in [-0.3, -0.25) is 4.79 Å². The Bertz CT molecular complexity index is 446. The van der Waals surface area contributed by atoms with Crippen LogP contribution in [0.5, 0.6) is 0 Å². The van der Waals surface area contributed by atoms with Crippen LogP contribution in [0.2, 0.25) is 0 Å². The SMILES string of the molecule is CN(C)C(=O)NC1CC2(CCN(C(=O)C3(F)CC3)CC2)C1. The number of amides is 3. The lowest BCUT2D eigenvalue weighted by atomic mass is 9.60. The van der Waals surface area contributed by atoms with Gasteiger partial charge in [-0.25, -0.2) is 9.18 Å². The van der Waals surface area contributed by atoms with Crippen molar-refractivity contribution in [2.45, 2.75) is 50.2 Å². The minimum absolute atomic E-state index is 0.0458. The number of piperidine rings is 1. The molecule has 3 rings (SSSR count). The quantitative estimate of drug-likeness (QED) is 0.840. The van der Waals surface area contributed by atoms with Gasteiger partial charge in [-0.15, -0.1) is 0 Å². The number of carbonyl (C=O) groups is 2. The van der Waals surface area contributed by atoms with Crippen LogP contribution in [0, 0.1) is 5.41 Å². The third-order valence-electron chi connectivity index (χ3n) is 5.28. The van der Waals surface area contributed by atoms with Crippen molar-refractivity contribution in [3.05, 3.63) is 0 Å². The van der Waals surface area contributed by atoms with Crippen molar-refractivity contribution in [1.29, 1.82) is 0 Å². The van der Waals surface area contributed by atoms with E-state index in [-0.39, 0.29) is 23.4 Å². The second-order valence-corrected chi connectivity index (χ2v) is 7.21. The van der Waals surface area contributed by atoms with Crippen LogP contribution in [0.15, 0.2) is 0 Å². The van der Waals surface area contributed by atoms with Crippen molar-refractivity contribution in [2.24, 2.45) is 5.41 Å². The Morgan fingerprint density at radius 1 is 1.14 bits per heavy atom. The number of nitrogens with one attached hydrogen (secondary N) is 1. The third kappa shape index (κ3) is 2.72. The predicted molar refractivity (Wildman–Crippen MR) is 76.6 cm³/mol. The first-order valence-electron chi connectivity index (χ1n) is 7.80. The number of urea groups is 1. The first-order chi connectivity index (χ1) is 9.84. The number of nitrogens with zero attached hydrogens (tertiary/aromatic N) is 2. The number of halogens is 1. The van der Waals surface area contributed by atoms with E-state index in [9.17, 15) is 14.0 Å². The number of likely N-dealkylation sites (tertiary alicyclic amines) is 1. The Morgan fingerprint density at radius 2 is 1.71 bits per heavy atom. The second kappa shape index (κ2) is 4.85. The average Bonchev–Trinajstić information content (AvgIpc) is 3.16. The highest BCUT2D eigenvalue weighted by atomic mass is 19.1. The lowest BCUT2D eigenvalue weighted by molar-refractivity contribution is -0.141. The van der Waals surface area contributed by atoms with Gasteiger partial charge in [0.05, 0.1) is 0 Å². The summed E-state index contributed by atoms with van der Waals surface area (Å²) in [7, 11) is 3.47. The van der Waals surface area contributed by atoms with E-state index >= 15 is 0 Å². The first-order valence-corrected chi connectivity index (χ1v) is 7.80. The maximum Gasteiger partial charge on any atom is 0.317 e. The van der Waals surface area contributed by atoms with E-state index in [4.69, 9.17) is 0 Å². The molecule has 0 aromatic carbocycles. The Hall–Kier alpha value is -1.33. The molecule has 118 valence electrons. The highest BCUT2D eigenvalue weighted by Gasteiger charge is 2.54. The summed E-state index contributed by atoms with van der Waals surface area (Å²) in [4.78, 5) is 26.8. The van der Waals surface area contributed by atoms with Crippen molar-refractivity contribution in [3.63, 3.8) is 0 Å². The molecule has 0 radical (unpaired) electrons. The number of hydrogen-bond acceptors (Lipinski definition) is 2. The number of carbonyl (C=O) groups excluding carboxylic acids is 2. The van der Waals surface area contributed by atoms with Crippen molar-refractivity contribution < 1.29 is 14.0 Å². The Kier molecular flexibility index (Phi) is 3.37. The van der Waals surface area contributed by atoms with E-state index in [1.54, 1.807) is 23.9 Å². The largest absolute Gasteiger partial charge is 0.340 e. The fourth-order valence-electron chi connectivity index (χ4n) is 3.59. The predicted octanol–water partition coefficient (Wildman–Crippen LogP) is 1.53. The van der Waals surface area contributed by atoms with E-state index < -0.39 is 5.67 Å². The molecule has 1 spiro atoms. The molecule has 3 amide bonds. The molecule has 6 heteroatoms. The normalized spacial score (nSPS) is 26.1. The van der Waals surface area contributed by atoms with Gasteiger partial charge >= 0.3 is 6.03 Å². The fourth-order valence-corrected chi connectivity index (χ4v) is 3.59. The molecule has 1 N–H and O–H groups in total. The minimum atomic E-state index is -1.54. The summed E-state index contributed by atoms with van der Waals surface area (Å²) in [5.74, 6) is -0.297. The van der Waals surface area contributed by atoms with E-state index in [1.165, 1.54) is 0 Å². The lowest BCUT2D eigenvalue weighted by Crippen LogP contribution is -2.57. The van der Waals surface area contributed by atoms with Gasteiger partial charge in [0.1, 0.15) is 0 Å². The molecular formula is C15H24FN3O2. The summed E-state index contributed by atoms with van der Waals surface area (Å²) >= 11 is 0. The zero-order valence-corrected chi connectivity index (χ0v) is 12.8. The highest BCUT2D eigenvalue weighted by molar-refractivity contribution is 5.88. The first kappa shape index (κ1) is 14.6. The summed E-state index contributed by atoms with van der Waals surface area (Å²) in [6.45, 7) is 1.33. The molecule has 2 saturated carbocycles. The number of alkyl halides is 1. The molecule has 3 aliphatic rings. The highest BCUT2D eigenvalue weighted by Crippen LogP contribution is 2.50. The maximum absolute atomic E-state index is 13.8. The van der Waals surface area contributed by atoms with Crippen LogP contribution in [0.3, 0.4) is 0 Å². The van der Waals surface area contributed by atoms with Gasteiger partial charge in [-0.1, -0.05) is 0 Å². The fraction of sp³-hybridized carbons (Fsp3) is 0.867. The number of rotatable bonds is 2. The van der Waals surface area contributed by atoms with Gasteiger partial charge in [0.15, 0.2) is 5.67 Å². The monoisotopic (exact) mass is 297 g/mol. The van der Waals surface area contributed by atoms with Gasteiger partial charge < -0.3 is 15.1 Å². The van der Waals surface area contributed by atoms with Gasteiger partial charge in [-0.2, -0.15) is 0 Å². The molecule has 5 nitrogen and oxygen atoms in total. The molecule has 2 aliphatic carbocycles. The van der Waals surface area contributed by atoms with Crippen LogP contribution in [0.1, 0.15) is 38.5 Å². The zero-order chi connectivity index (χ0) is 15.3. The van der Waals surface area contributed by atoms with Crippen molar-refractivity contribution in [2.75, 3.05) is 27.2 Å². The molecule has 0 aromatic heterocycles. The van der Waals surface area contributed by atoms with Gasteiger partial charge in [-0.05, 0) is 43.9 Å². The Labute approximate surface area is 124 Å². The molecule has 1 aliphatic heterocycles. The van der Waals surface area contributed by atoms with E-state index in [0.29, 0.717) is 25.9 Å². The summed E-state index contributed by atoms with van der Waals surface area (Å²) in [6.07, 6.45) is 4.62. The summed E-state index contributed by atoms with van der Waals surface area (Å²) < 4.78 is 13.8. The molecule has 1 heterocycles. The Balaban J connectivity index is 1.45. The Morgan fingerprint density at radius 3 is 2.19 bits per heavy atom. The molecular weight excluding hydrogens is 273 g/mol. The van der Waals surface area contributed by atoms with Crippen LogP contribution < -0.4 is 5.32 Å². The summed E-state index contributed by atoms with van der Waals surface area (Å²) in [5, 5.41) is 3.00. The molecule has 21 heavy (non-hydrogen) atoms. The van der Waals surface area contributed by atoms with Gasteiger partial charge in [0.25, 0.3) is 5.91 Å². The van der Waals surface area contributed by atoms with E-state index in [1.807, 2.05) is 0 Å². The van der Waals surface area contributed by atoms with Crippen LogP contribution in [0.25, 0.3) is 0 Å². The standard InChI is InChI=1S/C15H24FN3O2/c1-18(2)13(21)17-11-9-14(10-11)5-7-19(8-6-14)12(20)15(16)3-4-15/h11H,3-10H2,1-2H3,(H,17,21). The molecule has 1 saturated heterocycles.